The van der Waals surface area contributed by atoms with Gasteiger partial charge in [0, 0.05) is 12.1 Å². The summed E-state index contributed by atoms with van der Waals surface area (Å²) in [6.07, 6.45) is 1.07. The van der Waals surface area contributed by atoms with E-state index in [-0.39, 0.29) is 12.6 Å². The first-order valence-corrected chi connectivity index (χ1v) is 6.27. The van der Waals surface area contributed by atoms with Crippen molar-refractivity contribution in [1.29, 1.82) is 0 Å². The van der Waals surface area contributed by atoms with Gasteiger partial charge < -0.3 is 15.4 Å². The van der Waals surface area contributed by atoms with E-state index in [1.807, 2.05) is 13.8 Å². The minimum Gasteiger partial charge on any atom is -0.394 e. The third-order valence-corrected chi connectivity index (χ3v) is 3.71. The van der Waals surface area contributed by atoms with Gasteiger partial charge >= 0.3 is 0 Å². The van der Waals surface area contributed by atoms with E-state index in [4.69, 9.17) is 5.84 Å². The SMILES string of the molecule is Cc1nc(NN)c(C)c(N2CCC(C)C2CO)n1. The molecule has 18 heavy (non-hydrogen) atoms. The number of hydrazine groups is 1. The highest BCUT2D eigenvalue weighted by Crippen LogP contribution is 2.32. The van der Waals surface area contributed by atoms with Crippen molar-refractivity contribution >= 4 is 11.6 Å². The average molecular weight is 251 g/mol. The Kier molecular flexibility index (Phi) is 3.68. The van der Waals surface area contributed by atoms with Crippen LogP contribution in [0.3, 0.4) is 0 Å². The van der Waals surface area contributed by atoms with Crippen molar-refractivity contribution in [2.45, 2.75) is 33.2 Å². The molecule has 2 unspecified atom stereocenters. The first-order chi connectivity index (χ1) is 8.58. The lowest BCUT2D eigenvalue weighted by Gasteiger charge is -2.28. The van der Waals surface area contributed by atoms with Crippen LogP contribution in [0.4, 0.5) is 11.6 Å². The molecule has 2 heterocycles. The molecular formula is C12H21N5O. The number of rotatable bonds is 3. The van der Waals surface area contributed by atoms with Gasteiger partial charge in [0.2, 0.25) is 0 Å². The molecule has 1 fully saturated rings. The first kappa shape index (κ1) is 13.0. The zero-order valence-electron chi connectivity index (χ0n) is 11.1. The number of nitrogens with zero attached hydrogens (tertiary/aromatic N) is 3. The van der Waals surface area contributed by atoms with E-state index in [0.29, 0.717) is 17.6 Å². The van der Waals surface area contributed by atoms with Crippen LogP contribution in [0.5, 0.6) is 0 Å². The molecule has 0 spiro atoms. The number of aryl methyl sites for hydroxylation is 1. The molecule has 1 aliphatic rings. The topological polar surface area (TPSA) is 87.3 Å². The van der Waals surface area contributed by atoms with Gasteiger partial charge in [-0.3, -0.25) is 0 Å². The summed E-state index contributed by atoms with van der Waals surface area (Å²) in [5, 5.41) is 9.53. The maximum atomic E-state index is 9.53. The number of hydrogen-bond acceptors (Lipinski definition) is 6. The highest BCUT2D eigenvalue weighted by atomic mass is 16.3. The van der Waals surface area contributed by atoms with Crippen molar-refractivity contribution in [3.05, 3.63) is 11.4 Å². The van der Waals surface area contributed by atoms with Crippen LogP contribution in [-0.4, -0.2) is 34.3 Å². The normalized spacial score (nSPS) is 23.5. The minimum absolute atomic E-state index is 0.128. The van der Waals surface area contributed by atoms with Crippen molar-refractivity contribution in [3.8, 4) is 0 Å². The van der Waals surface area contributed by atoms with Crippen LogP contribution in [0.25, 0.3) is 0 Å². The van der Waals surface area contributed by atoms with Gasteiger partial charge in [-0.25, -0.2) is 15.8 Å². The lowest BCUT2D eigenvalue weighted by atomic mass is 10.0. The highest BCUT2D eigenvalue weighted by molar-refractivity contribution is 5.59. The van der Waals surface area contributed by atoms with Gasteiger partial charge in [0.1, 0.15) is 17.5 Å². The number of nitrogens with two attached hydrogens (primary N) is 1. The van der Waals surface area contributed by atoms with Crippen LogP contribution < -0.4 is 16.2 Å². The number of nitrogen functional groups attached to an aromatic ring is 1. The number of hydrogen-bond donors (Lipinski definition) is 3. The zero-order chi connectivity index (χ0) is 13.3. The lowest BCUT2D eigenvalue weighted by molar-refractivity contribution is 0.244. The largest absolute Gasteiger partial charge is 0.394 e. The smallest absolute Gasteiger partial charge is 0.148 e. The Morgan fingerprint density at radius 1 is 1.44 bits per heavy atom. The summed E-state index contributed by atoms with van der Waals surface area (Å²) in [4.78, 5) is 10.9. The van der Waals surface area contributed by atoms with E-state index in [1.54, 1.807) is 0 Å². The maximum Gasteiger partial charge on any atom is 0.148 e. The number of anilines is 2. The highest BCUT2D eigenvalue weighted by Gasteiger charge is 2.32. The summed E-state index contributed by atoms with van der Waals surface area (Å²) >= 11 is 0. The molecule has 2 atom stereocenters. The van der Waals surface area contributed by atoms with Crippen molar-refractivity contribution in [2.75, 3.05) is 23.5 Å². The Morgan fingerprint density at radius 3 is 2.78 bits per heavy atom. The third-order valence-electron chi connectivity index (χ3n) is 3.71. The summed E-state index contributed by atoms with van der Waals surface area (Å²) in [6, 6.07) is 0.128. The van der Waals surface area contributed by atoms with E-state index in [1.165, 1.54) is 0 Å². The van der Waals surface area contributed by atoms with Crippen LogP contribution in [-0.2, 0) is 0 Å². The minimum atomic E-state index is 0.128. The second-order valence-corrected chi connectivity index (χ2v) is 4.92. The van der Waals surface area contributed by atoms with Crippen LogP contribution in [0.15, 0.2) is 0 Å². The predicted octanol–water partition coefficient (Wildman–Crippen LogP) is 0.586. The third kappa shape index (κ3) is 2.13. The number of aliphatic hydroxyl groups is 1. The Labute approximate surface area is 107 Å². The molecule has 1 saturated heterocycles. The molecule has 0 aliphatic carbocycles. The molecule has 0 radical (unpaired) electrons. The number of aromatic nitrogens is 2. The molecule has 100 valence electrons. The fourth-order valence-electron chi connectivity index (χ4n) is 2.58. The Bertz CT molecular complexity index is 437. The van der Waals surface area contributed by atoms with E-state index in [9.17, 15) is 5.11 Å². The van der Waals surface area contributed by atoms with Gasteiger partial charge in [0.25, 0.3) is 0 Å². The van der Waals surface area contributed by atoms with Crippen LogP contribution >= 0.6 is 0 Å². The molecule has 1 aromatic rings. The summed E-state index contributed by atoms with van der Waals surface area (Å²) in [6.45, 7) is 7.01. The molecule has 0 aromatic carbocycles. The fourth-order valence-corrected chi connectivity index (χ4v) is 2.58. The summed E-state index contributed by atoms with van der Waals surface area (Å²) in [5.41, 5.74) is 3.53. The van der Waals surface area contributed by atoms with Crippen LogP contribution in [0.1, 0.15) is 24.7 Å². The zero-order valence-corrected chi connectivity index (χ0v) is 11.1. The van der Waals surface area contributed by atoms with E-state index >= 15 is 0 Å². The maximum absolute atomic E-state index is 9.53. The summed E-state index contributed by atoms with van der Waals surface area (Å²) < 4.78 is 0. The van der Waals surface area contributed by atoms with Crippen LogP contribution in [0, 0.1) is 19.8 Å². The first-order valence-electron chi connectivity index (χ1n) is 6.27. The molecule has 2 rings (SSSR count). The van der Waals surface area contributed by atoms with Crippen molar-refractivity contribution in [1.82, 2.24) is 9.97 Å². The molecule has 1 aliphatic heterocycles. The molecule has 6 heteroatoms. The molecule has 0 amide bonds. The van der Waals surface area contributed by atoms with Crippen LogP contribution in [0.2, 0.25) is 0 Å². The Balaban J connectivity index is 2.41. The average Bonchev–Trinajstić information content (AvgIpc) is 2.72. The van der Waals surface area contributed by atoms with Gasteiger partial charge in [-0.1, -0.05) is 6.92 Å². The van der Waals surface area contributed by atoms with Crippen molar-refractivity contribution < 1.29 is 5.11 Å². The molecule has 4 N–H and O–H groups in total. The summed E-state index contributed by atoms with van der Waals surface area (Å²) in [5.74, 6) is 8.15. The fraction of sp³-hybridized carbons (Fsp3) is 0.667. The molecule has 1 aromatic heterocycles. The monoisotopic (exact) mass is 251 g/mol. The van der Waals surface area contributed by atoms with E-state index < -0.39 is 0 Å². The van der Waals surface area contributed by atoms with E-state index in [2.05, 4.69) is 27.2 Å². The Morgan fingerprint density at radius 2 is 2.17 bits per heavy atom. The van der Waals surface area contributed by atoms with Crippen molar-refractivity contribution in [2.24, 2.45) is 11.8 Å². The molecule has 0 saturated carbocycles. The quantitative estimate of drug-likeness (QED) is 0.538. The van der Waals surface area contributed by atoms with E-state index in [0.717, 1.165) is 24.3 Å². The Hall–Kier alpha value is -1.40. The van der Waals surface area contributed by atoms with Gasteiger partial charge in [0.15, 0.2) is 0 Å². The van der Waals surface area contributed by atoms with Gasteiger partial charge in [0.05, 0.1) is 12.6 Å². The second kappa shape index (κ2) is 5.07. The number of aliphatic hydroxyl groups excluding tert-OH is 1. The number of nitrogens with one attached hydrogen (secondary N) is 1. The lowest BCUT2D eigenvalue weighted by Crippen LogP contribution is -2.36. The summed E-state index contributed by atoms with van der Waals surface area (Å²) in [7, 11) is 0. The second-order valence-electron chi connectivity index (χ2n) is 4.92. The molecule has 6 nitrogen and oxygen atoms in total. The van der Waals surface area contributed by atoms with Gasteiger partial charge in [-0.15, -0.1) is 0 Å². The molecule has 0 bridgehead atoms. The molecular weight excluding hydrogens is 230 g/mol. The van der Waals surface area contributed by atoms with Crippen molar-refractivity contribution in [3.63, 3.8) is 0 Å². The van der Waals surface area contributed by atoms with Gasteiger partial charge in [-0.05, 0) is 26.2 Å². The van der Waals surface area contributed by atoms with Gasteiger partial charge in [-0.2, -0.15) is 0 Å². The predicted molar refractivity (Wildman–Crippen MR) is 71.3 cm³/mol. The standard InChI is InChI=1S/C12H21N5O/c1-7-4-5-17(10(7)6-18)12-8(2)11(16-13)14-9(3)15-12/h7,10,18H,4-6,13H2,1-3H3,(H,14,15,16).